The fraction of sp³-hybridized carbons (Fsp3) is 0.500. The molecule has 0 aliphatic carbocycles. The van der Waals surface area contributed by atoms with Crippen LogP contribution in [0.15, 0.2) is 16.6 Å². The molecular formula is C12H15BrClFN2. The standard InChI is InChI=1S/C12H15BrClFN2/c1-12(2)7-17(4-3-16-12)11-9(13)5-8(15)6-10(11)14/h5-6,16H,3-4,7H2,1-2H3. The molecule has 17 heavy (non-hydrogen) atoms. The van der Waals surface area contributed by atoms with Crippen molar-refractivity contribution in [2.75, 3.05) is 24.5 Å². The molecule has 1 aromatic rings. The molecule has 1 heterocycles. The second kappa shape index (κ2) is 4.75. The number of hydrogen-bond donors (Lipinski definition) is 1. The van der Waals surface area contributed by atoms with Gasteiger partial charge in [-0.1, -0.05) is 11.6 Å². The van der Waals surface area contributed by atoms with Crippen LogP contribution in [0.5, 0.6) is 0 Å². The summed E-state index contributed by atoms with van der Waals surface area (Å²) >= 11 is 9.51. The second-order valence-electron chi connectivity index (χ2n) is 4.95. The number of anilines is 1. The number of halogens is 3. The van der Waals surface area contributed by atoms with Crippen molar-refractivity contribution in [3.05, 3.63) is 27.4 Å². The van der Waals surface area contributed by atoms with Crippen LogP contribution in [-0.2, 0) is 0 Å². The SMILES string of the molecule is CC1(C)CN(c2c(Cl)cc(F)cc2Br)CCN1. The minimum Gasteiger partial charge on any atom is -0.366 e. The van der Waals surface area contributed by atoms with Crippen LogP contribution in [0.25, 0.3) is 0 Å². The van der Waals surface area contributed by atoms with Crippen molar-refractivity contribution in [1.82, 2.24) is 5.32 Å². The summed E-state index contributed by atoms with van der Waals surface area (Å²) in [5, 5.41) is 3.89. The zero-order valence-corrected chi connectivity index (χ0v) is 12.2. The van der Waals surface area contributed by atoms with Gasteiger partial charge in [0.25, 0.3) is 0 Å². The summed E-state index contributed by atoms with van der Waals surface area (Å²) in [4.78, 5) is 2.18. The molecule has 0 saturated carbocycles. The number of piperazine rings is 1. The van der Waals surface area contributed by atoms with Crippen molar-refractivity contribution >= 4 is 33.2 Å². The molecule has 1 saturated heterocycles. The lowest BCUT2D eigenvalue weighted by Crippen LogP contribution is -2.57. The highest BCUT2D eigenvalue weighted by Gasteiger charge is 2.28. The predicted molar refractivity (Wildman–Crippen MR) is 73.4 cm³/mol. The van der Waals surface area contributed by atoms with Crippen LogP contribution in [-0.4, -0.2) is 25.2 Å². The summed E-state index contributed by atoms with van der Waals surface area (Å²) in [5.74, 6) is -0.319. The molecule has 94 valence electrons. The molecule has 0 unspecified atom stereocenters. The molecule has 0 radical (unpaired) electrons. The third-order valence-electron chi connectivity index (χ3n) is 2.87. The number of hydrogen-bond acceptors (Lipinski definition) is 2. The molecule has 2 rings (SSSR count). The highest BCUT2D eigenvalue weighted by atomic mass is 79.9. The first-order chi connectivity index (χ1) is 7.89. The van der Waals surface area contributed by atoms with Gasteiger partial charge in [0.2, 0.25) is 0 Å². The Hall–Kier alpha value is -0.320. The van der Waals surface area contributed by atoms with E-state index in [4.69, 9.17) is 11.6 Å². The monoisotopic (exact) mass is 320 g/mol. The van der Waals surface area contributed by atoms with Crippen LogP contribution >= 0.6 is 27.5 Å². The van der Waals surface area contributed by atoms with E-state index in [-0.39, 0.29) is 11.4 Å². The van der Waals surface area contributed by atoms with E-state index in [2.05, 4.69) is 40.0 Å². The van der Waals surface area contributed by atoms with Crippen LogP contribution in [0, 0.1) is 5.82 Å². The quantitative estimate of drug-likeness (QED) is 0.852. The third-order valence-corrected chi connectivity index (χ3v) is 3.76. The van der Waals surface area contributed by atoms with Gasteiger partial charge in [-0.25, -0.2) is 4.39 Å². The van der Waals surface area contributed by atoms with Crippen LogP contribution in [0.1, 0.15) is 13.8 Å². The van der Waals surface area contributed by atoms with Gasteiger partial charge in [0.05, 0.1) is 10.7 Å². The molecule has 1 N–H and O–H groups in total. The maximum atomic E-state index is 13.2. The summed E-state index contributed by atoms with van der Waals surface area (Å²) < 4.78 is 13.9. The molecule has 0 amide bonds. The van der Waals surface area contributed by atoms with Gasteiger partial charge in [0.1, 0.15) is 5.82 Å². The molecule has 0 spiro atoms. The average molecular weight is 322 g/mol. The highest BCUT2D eigenvalue weighted by molar-refractivity contribution is 9.10. The van der Waals surface area contributed by atoms with Crippen LogP contribution < -0.4 is 10.2 Å². The van der Waals surface area contributed by atoms with Gasteiger partial charge in [-0.3, -0.25) is 0 Å². The van der Waals surface area contributed by atoms with E-state index in [1.54, 1.807) is 0 Å². The lowest BCUT2D eigenvalue weighted by Gasteiger charge is -2.41. The highest BCUT2D eigenvalue weighted by Crippen LogP contribution is 2.36. The minimum absolute atomic E-state index is 0.0371. The number of rotatable bonds is 1. The minimum atomic E-state index is -0.319. The van der Waals surface area contributed by atoms with Crippen molar-refractivity contribution in [2.45, 2.75) is 19.4 Å². The van der Waals surface area contributed by atoms with Crippen LogP contribution in [0.2, 0.25) is 5.02 Å². The smallest absolute Gasteiger partial charge is 0.125 e. The number of nitrogens with one attached hydrogen (secondary N) is 1. The first-order valence-electron chi connectivity index (χ1n) is 5.53. The van der Waals surface area contributed by atoms with E-state index in [0.29, 0.717) is 9.50 Å². The van der Waals surface area contributed by atoms with Crippen LogP contribution in [0.4, 0.5) is 10.1 Å². The molecule has 5 heteroatoms. The van der Waals surface area contributed by atoms with Gasteiger partial charge in [0.15, 0.2) is 0 Å². The van der Waals surface area contributed by atoms with Gasteiger partial charge in [-0.2, -0.15) is 0 Å². The van der Waals surface area contributed by atoms with E-state index < -0.39 is 0 Å². The zero-order valence-electron chi connectivity index (χ0n) is 9.86. The van der Waals surface area contributed by atoms with Gasteiger partial charge in [-0.15, -0.1) is 0 Å². The average Bonchev–Trinajstić information content (AvgIpc) is 2.13. The molecule has 1 aromatic carbocycles. The van der Waals surface area contributed by atoms with Crippen molar-refractivity contribution in [2.24, 2.45) is 0 Å². The van der Waals surface area contributed by atoms with Crippen molar-refractivity contribution in [3.8, 4) is 0 Å². The molecule has 1 fully saturated rings. The second-order valence-corrected chi connectivity index (χ2v) is 6.21. The first-order valence-corrected chi connectivity index (χ1v) is 6.71. The Bertz CT molecular complexity index is 414. The van der Waals surface area contributed by atoms with E-state index in [1.165, 1.54) is 12.1 Å². The van der Waals surface area contributed by atoms with Crippen molar-refractivity contribution < 1.29 is 4.39 Å². The van der Waals surface area contributed by atoms with E-state index >= 15 is 0 Å². The van der Waals surface area contributed by atoms with Gasteiger partial charge in [0, 0.05) is 29.6 Å². The first kappa shape index (κ1) is 13.1. The molecular weight excluding hydrogens is 307 g/mol. The van der Waals surface area contributed by atoms with Gasteiger partial charge >= 0.3 is 0 Å². The fourth-order valence-corrected chi connectivity index (χ4v) is 3.29. The predicted octanol–water partition coefficient (Wildman–Crippen LogP) is 3.43. The lowest BCUT2D eigenvalue weighted by molar-refractivity contribution is 0.353. The number of nitrogens with zero attached hydrogens (tertiary/aromatic N) is 1. The summed E-state index contributed by atoms with van der Waals surface area (Å²) in [6.45, 7) is 6.90. The van der Waals surface area contributed by atoms with Gasteiger partial charge in [-0.05, 0) is 41.9 Å². The van der Waals surface area contributed by atoms with E-state index in [9.17, 15) is 4.39 Å². The molecule has 2 nitrogen and oxygen atoms in total. The fourth-order valence-electron chi connectivity index (χ4n) is 2.17. The lowest BCUT2D eigenvalue weighted by atomic mass is 10.0. The number of benzene rings is 1. The largest absolute Gasteiger partial charge is 0.366 e. The zero-order chi connectivity index (χ0) is 12.6. The van der Waals surface area contributed by atoms with Crippen molar-refractivity contribution in [3.63, 3.8) is 0 Å². The Balaban J connectivity index is 2.34. The summed E-state index contributed by atoms with van der Waals surface area (Å²) in [6.07, 6.45) is 0. The Kier molecular flexibility index (Phi) is 3.66. The third kappa shape index (κ3) is 2.92. The molecule has 0 bridgehead atoms. The maximum Gasteiger partial charge on any atom is 0.125 e. The Labute approximate surface area is 114 Å². The van der Waals surface area contributed by atoms with E-state index in [1.807, 2.05) is 0 Å². The molecule has 0 atom stereocenters. The maximum absolute atomic E-state index is 13.2. The topological polar surface area (TPSA) is 15.3 Å². The Morgan fingerprint density at radius 3 is 2.76 bits per heavy atom. The normalized spacial score (nSPS) is 19.5. The summed E-state index contributed by atoms with van der Waals surface area (Å²) in [7, 11) is 0. The van der Waals surface area contributed by atoms with E-state index in [0.717, 1.165) is 25.3 Å². The molecule has 1 aliphatic rings. The van der Waals surface area contributed by atoms with Gasteiger partial charge < -0.3 is 10.2 Å². The summed E-state index contributed by atoms with van der Waals surface area (Å²) in [6, 6.07) is 2.81. The molecule has 0 aromatic heterocycles. The Morgan fingerprint density at radius 2 is 2.18 bits per heavy atom. The van der Waals surface area contributed by atoms with Crippen LogP contribution in [0.3, 0.4) is 0 Å². The molecule has 1 aliphatic heterocycles. The van der Waals surface area contributed by atoms with Crippen molar-refractivity contribution in [1.29, 1.82) is 0 Å². The summed E-state index contributed by atoms with van der Waals surface area (Å²) in [5.41, 5.74) is 0.915. The Morgan fingerprint density at radius 1 is 1.47 bits per heavy atom.